The molecule has 0 heterocycles. The van der Waals surface area contributed by atoms with E-state index in [1.807, 2.05) is 13.8 Å². The summed E-state index contributed by atoms with van der Waals surface area (Å²) >= 11 is 0. The second kappa shape index (κ2) is 11.8. The third kappa shape index (κ3) is 10.2. The first-order chi connectivity index (χ1) is 8.24. The average molecular weight is 259 g/mol. The summed E-state index contributed by atoms with van der Waals surface area (Å²) in [4.78, 5) is 10.9. The van der Waals surface area contributed by atoms with Crippen LogP contribution in [0.1, 0.15) is 20.3 Å². The van der Waals surface area contributed by atoms with Crippen molar-refractivity contribution in [1.29, 1.82) is 0 Å². The first-order valence-electron chi connectivity index (χ1n) is 6.38. The van der Waals surface area contributed by atoms with E-state index in [-0.39, 0.29) is 21.7 Å². The standard InChI is InChI=1S/C12H25NO3Si/c1-4-11(14)13-8-7-9-17-10-12(15-5-2)16-6-3/h4,12H,1,5-10,17H2,2-3H3,(H,13,14). The molecule has 1 N–H and O–H groups in total. The number of hydrogen-bond donors (Lipinski definition) is 1. The molecule has 0 radical (unpaired) electrons. The number of hydrogen-bond acceptors (Lipinski definition) is 3. The lowest BCUT2D eigenvalue weighted by Gasteiger charge is -2.16. The van der Waals surface area contributed by atoms with Crippen LogP contribution in [-0.4, -0.2) is 41.5 Å². The van der Waals surface area contributed by atoms with Gasteiger partial charge in [-0.1, -0.05) is 12.6 Å². The van der Waals surface area contributed by atoms with Crippen molar-refractivity contribution in [3.63, 3.8) is 0 Å². The third-order valence-corrected chi connectivity index (χ3v) is 4.19. The molecule has 0 bridgehead atoms. The summed E-state index contributed by atoms with van der Waals surface area (Å²) in [6, 6.07) is 2.26. The molecule has 1 amide bonds. The molecule has 0 aromatic rings. The van der Waals surface area contributed by atoms with E-state index in [4.69, 9.17) is 9.47 Å². The van der Waals surface area contributed by atoms with Crippen LogP contribution in [0.4, 0.5) is 0 Å². The van der Waals surface area contributed by atoms with Crippen molar-refractivity contribution in [2.24, 2.45) is 0 Å². The van der Waals surface area contributed by atoms with Gasteiger partial charge in [-0.3, -0.25) is 4.79 Å². The van der Waals surface area contributed by atoms with Crippen LogP contribution >= 0.6 is 0 Å². The average Bonchev–Trinajstić information content (AvgIpc) is 2.33. The van der Waals surface area contributed by atoms with Gasteiger partial charge in [0.25, 0.3) is 0 Å². The Morgan fingerprint density at radius 3 is 2.59 bits per heavy atom. The third-order valence-electron chi connectivity index (χ3n) is 2.31. The Balaban J connectivity index is 3.41. The maximum absolute atomic E-state index is 10.9. The molecule has 4 nitrogen and oxygen atoms in total. The molecule has 0 saturated heterocycles. The molecule has 0 aliphatic rings. The van der Waals surface area contributed by atoms with E-state index in [1.54, 1.807) is 0 Å². The highest BCUT2D eigenvalue weighted by Crippen LogP contribution is 2.03. The molecule has 0 saturated carbocycles. The molecule has 100 valence electrons. The summed E-state index contributed by atoms with van der Waals surface area (Å²) in [6.07, 6.45) is 2.33. The minimum absolute atomic E-state index is 0.0144. The van der Waals surface area contributed by atoms with Crippen LogP contribution in [0.15, 0.2) is 12.7 Å². The molecule has 0 aromatic heterocycles. The van der Waals surface area contributed by atoms with Crippen LogP contribution in [-0.2, 0) is 14.3 Å². The summed E-state index contributed by atoms with van der Waals surface area (Å²) in [6.45, 7) is 9.52. The highest BCUT2D eigenvalue weighted by Gasteiger charge is 2.07. The lowest BCUT2D eigenvalue weighted by atomic mass is 10.4. The van der Waals surface area contributed by atoms with Crippen LogP contribution in [0, 0.1) is 0 Å². The quantitative estimate of drug-likeness (QED) is 0.261. The minimum Gasteiger partial charge on any atom is -0.353 e. The SMILES string of the molecule is C=CC(=O)NCCC[SiH2]CC(OCC)OCC. The normalized spacial score (nSPS) is 11.2. The molecule has 0 aliphatic heterocycles. The Morgan fingerprint density at radius 1 is 1.41 bits per heavy atom. The number of carbonyl (C=O) groups is 1. The van der Waals surface area contributed by atoms with Gasteiger partial charge in [0.15, 0.2) is 6.29 Å². The maximum Gasteiger partial charge on any atom is 0.243 e. The van der Waals surface area contributed by atoms with Crippen molar-refractivity contribution in [3.05, 3.63) is 12.7 Å². The smallest absolute Gasteiger partial charge is 0.243 e. The van der Waals surface area contributed by atoms with Crippen molar-refractivity contribution in [2.45, 2.75) is 38.6 Å². The number of ether oxygens (including phenoxy) is 2. The molecule has 0 fully saturated rings. The van der Waals surface area contributed by atoms with Gasteiger partial charge >= 0.3 is 0 Å². The second-order valence-corrected chi connectivity index (χ2v) is 5.68. The van der Waals surface area contributed by atoms with Crippen molar-refractivity contribution in [3.8, 4) is 0 Å². The number of rotatable bonds is 11. The van der Waals surface area contributed by atoms with Gasteiger partial charge in [-0.15, -0.1) is 0 Å². The minimum atomic E-state index is -0.155. The first kappa shape index (κ1) is 16.3. The topological polar surface area (TPSA) is 47.6 Å². The molecule has 0 aromatic carbocycles. The second-order valence-electron chi connectivity index (χ2n) is 3.68. The summed E-state index contributed by atoms with van der Waals surface area (Å²) in [7, 11) is -0.155. The van der Waals surface area contributed by atoms with Gasteiger partial charge in [-0.05, 0) is 32.4 Å². The summed E-state index contributed by atoms with van der Waals surface area (Å²) in [5, 5.41) is 2.77. The number of carbonyl (C=O) groups excluding carboxylic acids is 1. The highest BCUT2D eigenvalue weighted by molar-refractivity contribution is 6.35. The molecule has 0 spiro atoms. The molecule has 17 heavy (non-hydrogen) atoms. The molecule has 0 rings (SSSR count). The lowest BCUT2D eigenvalue weighted by Crippen LogP contribution is -2.22. The Bertz CT molecular complexity index is 206. The molecule has 0 atom stereocenters. The Labute approximate surface area is 107 Å². The van der Waals surface area contributed by atoms with Crippen LogP contribution < -0.4 is 5.32 Å². The zero-order valence-corrected chi connectivity index (χ0v) is 12.5. The van der Waals surface area contributed by atoms with E-state index in [9.17, 15) is 4.79 Å². The molecular weight excluding hydrogens is 234 g/mol. The fourth-order valence-electron chi connectivity index (χ4n) is 1.48. The van der Waals surface area contributed by atoms with E-state index < -0.39 is 0 Å². The largest absolute Gasteiger partial charge is 0.353 e. The van der Waals surface area contributed by atoms with Gasteiger partial charge in [0, 0.05) is 29.3 Å². The molecule has 5 heteroatoms. The van der Waals surface area contributed by atoms with Crippen molar-refractivity contribution in [2.75, 3.05) is 19.8 Å². The Kier molecular flexibility index (Phi) is 11.4. The van der Waals surface area contributed by atoms with Gasteiger partial charge in [-0.25, -0.2) is 0 Å². The zero-order valence-electron chi connectivity index (χ0n) is 11.0. The zero-order chi connectivity index (χ0) is 12.9. The Morgan fingerprint density at radius 2 is 2.06 bits per heavy atom. The van der Waals surface area contributed by atoms with E-state index in [2.05, 4.69) is 11.9 Å². The van der Waals surface area contributed by atoms with Crippen molar-refractivity contribution < 1.29 is 14.3 Å². The summed E-state index contributed by atoms with van der Waals surface area (Å²) in [5.74, 6) is -0.0897. The van der Waals surface area contributed by atoms with E-state index in [0.717, 1.165) is 19.0 Å². The van der Waals surface area contributed by atoms with Gasteiger partial charge in [0.05, 0.1) is 0 Å². The molecular formula is C12H25NO3Si. The maximum atomic E-state index is 10.9. The molecule has 0 aliphatic carbocycles. The van der Waals surface area contributed by atoms with Gasteiger partial charge in [0.1, 0.15) is 0 Å². The Hall–Kier alpha value is -0.653. The van der Waals surface area contributed by atoms with Gasteiger partial charge < -0.3 is 14.8 Å². The van der Waals surface area contributed by atoms with E-state index >= 15 is 0 Å². The summed E-state index contributed by atoms with van der Waals surface area (Å²) < 4.78 is 10.9. The fraction of sp³-hybridized carbons (Fsp3) is 0.750. The number of amides is 1. The van der Waals surface area contributed by atoms with Crippen LogP contribution in [0.3, 0.4) is 0 Å². The van der Waals surface area contributed by atoms with Crippen LogP contribution in [0.5, 0.6) is 0 Å². The van der Waals surface area contributed by atoms with Crippen LogP contribution in [0.25, 0.3) is 0 Å². The summed E-state index contributed by atoms with van der Waals surface area (Å²) in [5.41, 5.74) is 0. The van der Waals surface area contributed by atoms with Crippen LogP contribution in [0.2, 0.25) is 12.1 Å². The number of nitrogens with one attached hydrogen (secondary N) is 1. The monoisotopic (exact) mass is 259 g/mol. The lowest BCUT2D eigenvalue weighted by molar-refractivity contribution is -0.123. The first-order valence-corrected chi connectivity index (χ1v) is 8.38. The van der Waals surface area contributed by atoms with Crippen molar-refractivity contribution in [1.82, 2.24) is 5.32 Å². The van der Waals surface area contributed by atoms with E-state index in [0.29, 0.717) is 13.2 Å². The highest BCUT2D eigenvalue weighted by atomic mass is 28.2. The predicted octanol–water partition coefficient (Wildman–Crippen LogP) is 1.08. The van der Waals surface area contributed by atoms with E-state index in [1.165, 1.54) is 12.1 Å². The fourth-order valence-corrected chi connectivity index (χ4v) is 3.04. The van der Waals surface area contributed by atoms with Gasteiger partial charge in [-0.2, -0.15) is 0 Å². The van der Waals surface area contributed by atoms with Gasteiger partial charge in [0.2, 0.25) is 5.91 Å². The van der Waals surface area contributed by atoms with Crippen molar-refractivity contribution >= 4 is 15.4 Å². The predicted molar refractivity (Wildman–Crippen MR) is 73.0 cm³/mol. The molecule has 0 unspecified atom stereocenters.